The topological polar surface area (TPSA) is 20.3 Å². The van der Waals surface area contributed by atoms with E-state index in [4.69, 9.17) is 0 Å². The first-order valence-electron chi connectivity index (χ1n) is 7.81. The summed E-state index contributed by atoms with van der Waals surface area (Å²) < 4.78 is 0. The minimum absolute atomic E-state index is 0.215. The SMILES string of the molecule is CCSc1ccc(C(=O)CN2CCc3ccccc3C2)cc1. The van der Waals surface area contributed by atoms with Gasteiger partial charge in [-0.05, 0) is 35.4 Å². The molecule has 0 saturated carbocycles. The normalized spacial score (nSPS) is 14.6. The lowest BCUT2D eigenvalue weighted by Gasteiger charge is -2.28. The molecule has 0 spiro atoms. The molecule has 2 aromatic carbocycles. The van der Waals surface area contributed by atoms with Crippen molar-refractivity contribution in [2.75, 3.05) is 18.8 Å². The fourth-order valence-electron chi connectivity index (χ4n) is 2.89. The Kier molecular flexibility index (Phi) is 4.96. The van der Waals surface area contributed by atoms with Crippen LogP contribution in [0.5, 0.6) is 0 Å². The Hall–Kier alpha value is -1.58. The number of hydrogen-bond donors (Lipinski definition) is 0. The van der Waals surface area contributed by atoms with Gasteiger partial charge in [-0.25, -0.2) is 0 Å². The van der Waals surface area contributed by atoms with E-state index < -0.39 is 0 Å². The summed E-state index contributed by atoms with van der Waals surface area (Å²) >= 11 is 1.80. The number of fused-ring (bicyclic) bond motifs is 1. The molecule has 3 heteroatoms. The summed E-state index contributed by atoms with van der Waals surface area (Å²) in [4.78, 5) is 15.9. The summed E-state index contributed by atoms with van der Waals surface area (Å²) in [5.41, 5.74) is 3.60. The second kappa shape index (κ2) is 7.12. The van der Waals surface area contributed by atoms with Crippen molar-refractivity contribution in [1.82, 2.24) is 4.90 Å². The number of benzene rings is 2. The third-order valence-electron chi connectivity index (χ3n) is 4.06. The Balaban J connectivity index is 1.62. The highest BCUT2D eigenvalue weighted by Crippen LogP contribution is 2.20. The van der Waals surface area contributed by atoms with Crippen LogP contribution >= 0.6 is 11.8 Å². The summed E-state index contributed by atoms with van der Waals surface area (Å²) in [6.45, 7) is 4.49. The molecule has 1 aliphatic heterocycles. The molecular formula is C19H21NOS. The average Bonchev–Trinajstić information content (AvgIpc) is 2.56. The number of rotatable bonds is 5. The Morgan fingerprint density at radius 1 is 1.09 bits per heavy atom. The molecule has 3 rings (SSSR count). The number of Topliss-reactive ketones (excluding diaryl/α,β-unsaturated/α-hetero) is 1. The van der Waals surface area contributed by atoms with Crippen molar-refractivity contribution < 1.29 is 4.79 Å². The molecule has 0 saturated heterocycles. The molecule has 22 heavy (non-hydrogen) atoms. The van der Waals surface area contributed by atoms with Gasteiger partial charge >= 0.3 is 0 Å². The van der Waals surface area contributed by atoms with Crippen LogP contribution in [0.4, 0.5) is 0 Å². The van der Waals surface area contributed by atoms with Gasteiger partial charge in [0.1, 0.15) is 0 Å². The predicted octanol–water partition coefficient (Wildman–Crippen LogP) is 4.04. The first-order valence-corrected chi connectivity index (χ1v) is 8.80. The highest BCUT2D eigenvalue weighted by molar-refractivity contribution is 7.99. The molecule has 0 radical (unpaired) electrons. The number of hydrogen-bond acceptors (Lipinski definition) is 3. The molecule has 0 aromatic heterocycles. The van der Waals surface area contributed by atoms with Gasteiger partial charge in [-0.1, -0.05) is 43.3 Å². The minimum atomic E-state index is 0.215. The highest BCUT2D eigenvalue weighted by Gasteiger charge is 2.18. The molecule has 1 heterocycles. The molecule has 0 unspecified atom stereocenters. The van der Waals surface area contributed by atoms with Crippen LogP contribution in [0, 0.1) is 0 Å². The zero-order valence-electron chi connectivity index (χ0n) is 12.9. The van der Waals surface area contributed by atoms with E-state index in [9.17, 15) is 4.79 Å². The van der Waals surface area contributed by atoms with Crippen LogP contribution in [0.15, 0.2) is 53.4 Å². The highest BCUT2D eigenvalue weighted by atomic mass is 32.2. The van der Waals surface area contributed by atoms with E-state index in [1.807, 2.05) is 24.3 Å². The number of carbonyl (C=O) groups excluding carboxylic acids is 1. The fraction of sp³-hybridized carbons (Fsp3) is 0.316. The summed E-state index contributed by atoms with van der Waals surface area (Å²) in [6, 6.07) is 16.5. The average molecular weight is 311 g/mol. The molecule has 0 bridgehead atoms. The van der Waals surface area contributed by atoms with Gasteiger partial charge in [-0.3, -0.25) is 9.69 Å². The van der Waals surface area contributed by atoms with Crippen molar-refractivity contribution in [2.24, 2.45) is 0 Å². The molecule has 2 nitrogen and oxygen atoms in total. The third kappa shape index (κ3) is 3.60. The summed E-state index contributed by atoms with van der Waals surface area (Å²) in [6.07, 6.45) is 1.04. The largest absolute Gasteiger partial charge is 0.293 e. The number of ketones is 1. The molecule has 0 amide bonds. The summed E-state index contributed by atoms with van der Waals surface area (Å²) in [5, 5.41) is 0. The maximum atomic E-state index is 12.4. The molecule has 0 N–H and O–H groups in total. The molecule has 2 aromatic rings. The molecule has 1 aliphatic rings. The lowest BCUT2D eigenvalue weighted by Crippen LogP contribution is -2.34. The molecule has 0 fully saturated rings. The maximum Gasteiger partial charge on any atom is 0.176 e. The van der Waals surface area contributed by atoms with E-state index in [0.29, 0.717) is 6.54 Å². The van der Waals surface area contributed by atoms with Gasteiger partial charge in [-0.15, -0.1) is 11.8 Å². The van der Waals surface area contributed by atoms with Crippen LogP contribution in [0.25, 0.3) is 0 Å². The first-order chi connectivity index (χ1) is 10.8. The summed E-state index contributed by atoms with van der Waals surface area (Å²) in [7, 11) is 0. The van der Waals surface area contributed by atoms with Crippen molar-refractivity contribution >= 4 is 17.5 Å². The van der Waals surface area contributed by atoms with Crippen LogP contribution < -0.4 is 0 Å². The van der Waals surface area contributed by atoms with Crippen LogP contribution in [0.1, 0.15) is 28.4 Å². The molecule has 114 valence electrons. The fourth-order valence-corrected chi connectivity index (χ4v) is 3.55. The van der Waals surface area contributed by atoms with Gasteiger partial charge in [0.15, 0.2) is 5.78 Å². The van der Waals surface area contributed by atoms with E-state index >= 15 is 0 Å². The monoisotopic (exact) mass is 311 g/mol. The Morgan fingerprint density at radius 3 is 2.55 bits per heavy atom. The van der Waals surface area contributed by atoms with Crippen molar-refractivity contribution in [1.29, 1.82) is 0 Å². The quantitative estimate of drug-likeness (QED) is 0.614. The van der Waals surface area contributed by atoms with Crippen LogP contribution in [-0.2, 0) is 13.0 Å². The van der Waals surface area contributed by atoms with E-state index in [0.717, 1.165) is 30.8 Å². The van der Waals surface area contributed by atoms with E-state index in [1.54, 1.807) is 11.8 Å². The van der Waals surface area contributed by atoms with Crippen molar-refractivity contribution in [2.45, 2.75) is 24.8 Å². The van der Waals surface area contributed by atoms with E-state index in [2.05, 4.69) is 36.1 Å². The zero-order valence-corrected chi connectivity index (χ0v) is 13.7. The third-order valence-corrected chi connectivity index (χ3v) is 4.96. The van der Waals surface area contributed by atoms with Crippen LogP contribution in [-0.4, -0.2) is 29.5 Å². The molecular weight excluding hydrogens is 290 g/mol. The van der Waals surface area contributed by atoms with Gasteiger partial charge in [0, 0.05) is 23.5 Å². The lowest BCUT2D eigenvalue weighted by atomic mass is 9.99. The second-order valence-corrected chi connectivity index (χ2v) is 6.95. The Morgan fingerprint density at radius 2 is 1.82 bits per heavy atom. The van der Waals surface area contributed by atoms with Gasteiger partial charge in [0.05, 0.1) is 6.54 Å². The predicted molar refractivity (Wildman–Crippen MR) is 92.6 cm³/mol. The Bertz CT molecular complexity index is 651. The summed E-state index contributed by atoms with van der Waals surface area (Å²) in [5.74, 6) is 1.27. The van der Waals surface area contributed by atoms with Gasteiger partial charge < -0.3 is 0 Å². The molecule has 0 atom stereocenters. The smallest absolute Gasteiger partial charge is 0.176 e. The van der Waals surface area contributed by atoms with Gasteiger partial charge in [0.25, 0.3) is 0 Å². The lowest BCUT2D eigenvalue weighted by molar-refractivity contribution is 0.0921. The minimum Gasteiger partial charge on any atom is -0.293 e. The number of thioether (sulfide) groups is 1. The second-order valence-electron chi connectivity index (χ2n) is 5.61. The van der Waals surface area contributed by atoms with Crippen LogP contribution in [0.2, 0.25) is 0 Å². The van der Waals surface area contributed by atoms with Crippen molar-refractivity contribution in [3.05, 3.63) is 65.2 Å². The standard InChI is InChI=1S/C19H21NOS/c1-2-22-18-9-7-16(8-10-18)19(21)14-20-12-11-15-5-3-4-6-17(15)13-20/h3-10H,2,11-14H2,1H3. The van der Waals surface area contributed by atoms with Crippen LogP contribution in [0.3, 0.4) is 0 Å². The first kappa shape index (κ1) is 15.3. The van der Waals surface area contributed by atoms with Gasteiger partial charge in [-0.2, -0.15) is 0 Å². The van der Waals surface area contributed by atoms with Gasteiger partial charge in [0.2, 0.25) is 0 Å². The van der Waals surface area contributed by atoms with E-state index in [1.165, 1.54) is 16.0 Å². The number of carbonyl (C=O) groups is 1. The van der Waals surface area contributed by atoms with E-state index in [-0.39, 0.29) is 5.78 Å². The maximum absolute atomic E-state index is 12.4. The zero-order chi connectivity index (χ0) is 15.4. The molecule has 0 aliphatic carbocycles. The Labute approximate surface area is 136 Å². The van der Waals surface area contributed by atoms with Crippen molar-refractivity contribution in [3.63, 3.8) is 0 Å². The van der Waals surface area contributed by atoms with Crippen molar-refractivity contribution in [3.8, 4) is 0 Å². The number of nitrogens with zero attached hydrogens (tertiary/aromatic N) is 1.